The lowest BCUT2D eigenvalue weighted by atomic mass is 9.94. The van der Waals surface area contributed by atoms with Gasteiger partial charge in [-0.1, -0.05) is 59.6 Å². The minimum absolute atomic E-state index is 0.0173. The molecule has 1 heterocycles. The van der Waals surface area contributed by atoms with Gasteiger partial charge in [-0.25, -0.2) is 0 Å². The van der Waals surface area contributed by atoms with Gasteiger partial charge in [-0.3, -0.25) is 14.5 Å². The molecule has 1 aliphatic rings. The third-order valence-corrected chi connectivity index (χ3v) is 5.93. The van der Waals surface area contributed by atoms with Gasteiger partial charge in [-0.05, 0) is 49.2 Å². The zero-order valence-electron chi connectivity index (χ0n) is 17.9. The summed E-state index contributed by atoms with van der Waals surface area (Å²) in [4.78, 5) is 28.0. The Morgan fingerprint density at radius 2 is 1.72 bits per heavy atom. The normalized spacial score (nSPS) is 17.6. The molecule has 0 aromatic heterocycles. The Balaban J connectivity index is 1.99. The van der Waals surface area contributed by atoms with Gasteiger partial charge in [0, 0.05) is 11.3 Å². The van der Waals surface area contributed by atoms with Crippen molar-refractivity contribution in [1.29, 1.82) is 0 Å². The first-order chi connectivity index (χ1) is 15.3. The van der Waals surface area contributed by atoms with Gasteiger partial charge >= 0.3 is 0 Å². The Hall–Kier alpha value is -3.57. The lowest BCUT2D eigenvalue weighted by molar-refractivity contribution is -0.132. The number of aliphatic hydroxyl groups is 1. The van der Waals surface area contributed by atoms with Crippen LogP contribution in [0.15, 0.2) is 72.3 Å². The van der Waals surface area contributed by atoms with E-state index in [-0.39, 0.29) is 21.9 Å². The monoisotopic (exact) mass is 447 g/mol. The van der Waals surface area contributed by atoms with Gasteiger partial charge < -0.3 is 9.84 Å². The number of Topliss-reactive ketones (excluding diaryl/α,β-unsaturated/α-hetero) is 1. The number of nitrogens with zero attached hydrogens (tertiary/aromatic N) is 1. The molecule has 1 atom stereocenters. The third-order valence-electron chi connectivity index (χ3n) is 5.60. The van der Waals surface area contributed by atoms with Crippen LogP contribution in [0.1, 0.15) is 28.3 Å². The molecule has 0 spiro atoms. The van der Waals surface area contributed by atoms with Gasteiger partial charge in [0.1, 0.15) is 11.5 Å². The molecule has 4 rings (SSSR count). The van der Waals surface area contributed by atoms with Crippen LogP contribution in [-0.4, -0.2) is 23.9 Å². The predicted molar refractivity (Wildman–Crippen MR) is 125 cm³/mol. The number of hydrogen-bond donors (Lipinski definition) is 1. The molecule has 3 aromatic rings. The summed E-state index contributed by atoms with van der Waals surface area (Å²) in [6, 6.07) is 18.8. The molecule has 32 heavy (non-hydrogen) atoms. The van der Waals surface area contributed by atoms with E-state index in [1.54, 1.807) is 18.2 Å². The van der Waals surface area contributed by atoms with Crippen molar-refractivity contribution in [2.24, 2.45) is 0 Å². The number of amides is 1. The molecule has 3 aromatic carbocycles. The Labute approximate surface area is 191 Å². The maximum atomic E-state index is 13.3. The quantitative estimate of drug-likeness (QED) is 0.321. The maximum absolute atomic E-state index is 13.3. The molecule has 1 amide bonds. The molecular weight excluding hydrogens is 426 g/mol. The molecule has 6 heteroatoms. The van der Waals surface area contributed by atoms with Crippen LogP contribution in [0.5, 0.6) is 5.75 Å². The Kier molecular flexibility index (Phi) is 5.76. The van der Waals surface area contributed by atoms with Crippen LogP contribution < -0.4 is 9.64 Å². The van der Waals surface area contributed by atoms with Gasteiger partial charge in [-0.2, -0.15) is 0 Å². The van der Waals surface area contributed by atoms with E-state index in [1.807, 2.05) is 62.4 Å². The van der Waals surface area contributed by atoms with Crippen molar-refractivity contribution in [3.63, 3.8) is 0 Å². The smallest absolute Gasteiger partial charge is 0.300 e. The summed E-state index contributed by atoms with van der Waals surface area (Å²) >= 11 is 6.34. The maximum Gasteiger partial charge on any atom is 0.300 e. The average Bonchev–Trinajstić information content (AvgIpc) is 3.05. The van der Waals surface area contributed by atoms with Crippen molar-refractivity contribution in [2.75, 3.05) is 12.0 Å². The summed E-state index contributed by atoms with van der Waals surface area (Å²) in [5, 5.41) is 11.5. The first-order valence-electron chi connectivity index (χ1n) is 10.1. The van der Waals surface area contributed by atoms with Crippen molar-refractivity contribution < 1.29 is 19.4 Å². The molecular formula is C26H22ClNO4. The van der Waals surface area contributed by atoms with Crippen molar-refractivity contribution in [1.82, 2.24) is 0 Å². The number of benzene rings is 3. The molecule has 1 saturated heterocycles. The first-order valence-corrected chi connectivity index (χ1v) is 10.5. The molecule has 5 nitrogen and oxygen atoms in total. The number of ether oxygens (including phenoxy) is 1. The summed E-state index contributed by atoms with van der Waals surface area (Å²) in [5.74, 6) is -1.34. The molecule has 0 aliphatic carbocycles. The van der Waals surface area contributed by atoms with E-state index in [9.17, 15) is 14.7 Å². The second-order valence-corrected chi connectivity index (χ2v) is 8.12. The van der Waals surface area contributed by atoms with Crippen molar-refractivity contribution in [3.8, 4) is 5.75 Å². The molecule has 0 saturated carbocycles. The largest absolute Gasteiger partial charge is 0.507 e. The fraction of sp³-hybridized carbons (Fsp3) is 0.154. The molecule has 1 fully saturated rings. The number of anilines is 1. The first kappa shape index (κ1) is 21.7. The third kappa shape index (κ3) is 3.65. The fourth-order valence-corrected chi connectivity index (χ4v) is 4.27. The minimum Gasteiger partial charge on any atom is -0.507 e. The van der Waals surface area contributed by atoms with Crippen LogP contribution >= 0.6 is 11.6 Å². The second kappa shape index (κ2) is 8.52. The van der Waals surface area contributed by atoms with Crippen LogP contribution in [0.25, 0.3) is 5.76 Å². The zero-order valence-corrected chi connectivity index (χ0v) is 18.7. The molecule has 162 valence electrons. The van der Waals surface area contributed by atoms with E-state index >= 15 is 0 Å². The predicted octanol–water partition coefficient (Wildman–Crippen LogP) is 5.59. The number of hydrogen-bond acceptors (Lipinski definition) is 4. The van der Waals surface area contributed by atoms with Gasteiger partial charge in [-0.15, -0.1) is 0 Å². The average molecular weight is 448 g/mol. The number of rotatable bonds is 4. The summed E-state index contributed by atoms with van der Waals surface area (Å²) in [6.07, 6.45) is 0. The molecule has 1 N–H and O–H groups in total. The Morgan fingerprint density at radius 3 is 2.38 bits per heavy atom. The lowest BCUT2D eigenvalue weighted by Gasteiger charge is -2.27. The van der Waals surface area contributed by atoms with Crippen LogP contribution in [0.4, 0.5) is 5.69 Å². The van der Waals surface area contributed by atoms with Gasteiger partial charge in [0.05, 0.1) is 23.7 Å². The van der Waals surface area contributed by atoms with Gasteiger partial charge in [0.2, 0.25) is 0 Å². The van der Waals surface area contributed by atoms with Gasteiger partial charge in [0.15, 0.2) is 0 Å². The van der Waals surface area contributed by atoms with Crippen molar-refractivity contribution >= 4 is 34.7 Å². The fourth-order valence-electron chi connectivity index (χ4n) is 4.07. The summed E-state index contributed by atoms with van der Waals surface area (Å²) in [5.41, 5.74) is 3.42. The standard InChI is InChI=1S/C26H22ClNO4/c1-15-9-12-21(16(2)13-15)28-23(17-7-5-4-6-8-17)22(25(30)26(28)31)24(29)19-14-18(32-3)10-11-20(19)27/h4-14,23,29H,1-3H3/b24-22+. The van der Waals surface area contributed by atoms with E-state index in [2.05, 4.69) is 0 Å². The number of carbonyl (C=O) groups is 2. The lowest BCUT2D eigenvalue weighted by Crippen LogP contribution is -2.30. The Bertz CT molecular complexity index is 1250. The highest BCUT2D eigenvalue weighted by molar-refractivity contribution is 6.52. The SMILES string of the molecule is COc1ccc(Cl)c(/C(O)=C2\C(=O)C(=O)N(c3ccc(C)cc3C)C2c2ccccc2)c1. The van der Waals surface area contributed by atoms with Crippen molar-refractivity contribution in [3.05, 3.63) is 99.6 Å². The van der Waals surface area contributed by atoms with Crippen LogP contribution in [0.2, 0.25) is 5.02 Å². The van der Waals surface area contributed by atoms with E-state index in [1.165, 1.54) is 12.0 Å². The van der Waals surface area contributed by atoms with Crippen LogP contribution in [-0.2, 0) is 9.59 Å². The summed E-state index contributed by atoms with van der Waals surface area (Å²) < 4.78 is 5.24. The molecule has 0 bridgehead atoms. The molecule has 1 unspecified atom stereocenters. The summed E-state index contributed by atoms with van der Waals surface area (Å²) in [6.45, 7) is 3.85. The molecule has 1 aliphatic heterocycles. The number of aryl methyl sites for hydroxylation is 2. The highest BCUT2D eigenvalue weighted by Gasteiger charge is 2.47. The zero-order chi connectivity index (χ0) is 23.0. The Morgan fingerprint density at radius 1 is 1.00 bits per heavy atom. The number of aliphatic hydroxyl groups excluding tert-OH is 1. The van der Waals surface area contributed by atoms with Crippen LogP contribution in [0, 0.1) is 13.8 Å². The van der Waals surface area contributed by atoms with E-state index in [4.69, 9.17) is 16.3 Å². The number of carbonyl (C=O) groups excluding carboxylic acids is 2. The minimum atomic E-state index is -0.806. The van der Waals surface area contributed by atoms with Crippen molar-refractivity contribution in [2.45, 2.75) is 19.9 Å². The molecule has 0 radical (unpaired) electrons. The van der Waals surface area contributed by atoms with E-state index < -0.39 is 17.7 Å². The topological polar surface area (TPSA) is 66.8 Å². The summed E-state index contributed by atoms with van der Waals surface area (Å²) in [7, 11) is 1.50. The van der Waals surface area contributed by atoms with Crippen LogP contribution in [0.3, 0.4) is 0 Å². The highest BCUT2D eigenvalue weighted by atomic mass is 35.5. The number of halogens is 1. The second-order valence-electron chi connectivity index (χ2n) is 7.72. The van der Waals surface area contributed by atoms with Gasteiger partial charge in [0.25, 0.3) is 11.7 Å². The van der Waals surface area contributed by atoms with E-state index in [0.29, 0.717) is 17.0 Å². The number of ketones is 1. The number of methoxy groups -OCH3 is 1. The highest BCUT2D eigenvalue weighted by Crippen LogP contribution is 2.44. The van der Waals surface area contributed by atoms with E-state index in [0.717, 1.165) is 11.1 Å².